The molecular formula is C12H13F3O. The second-order valence-electron chi connectivity index (χ2n) is 4.08. The first kappa shape index (κ1) is 12.7. The summed E-state index contributed by atoms with van der Waals surface area (Å²) in [5.74, 6) is -1.55. The van der Waals surface area contributed by atoms with E-state index in [1.807, 2.05) is 13.8 Å². The van der Waals surface area contributed by atoms with E-state index in [4.69, 9.17) is 0 Å². The summed E-state index contributed by atoms with van der Waals surface area (Å²) >= 11 is 0. The molecule has 0 heterocycles. The van der Waals surface area contributed by atoms with Crippen LogP contribution in [0.15, 0.2) is 24.3 Å². The third kappa shape index (κ3) is 3.08. The van der Waals surface area contributed by atoms with Gasteiger partial charge in [0.05, 0.1) is 0 Å². The minimum absolute atomic E-state index is 0.210. The van der Waals surface area contributed by atoms with E-state index in [2.05, 4.69) is 0 Å². The second kappa shape index (κ2) is 4.68. The number of rotatable bonds is 3. The highest BCUT2D eigenvalue weighted by molar-refractivity contribution is 6.01. The molecule has 0 radical (unpaired) electrons. The molecule has 0 unspecified atom stereocenters. The molecule has 0 aromatic heterocycles. The van der Waals surface area contributed by atoms with Gasteiger partial charge in [-0.3, -0.25) is 4.79 Å². The van der Waals surface area contributed by atoms with Crippen molar-refractivity contribution in [3.05, 3.63) is 35.4 Å². The molecule has 0 amide bonds. The van der Waals surface area contributed by atoms with Gasteiger partial charge in [0.2, 0.25) is 0 Å². The minimum atomic E-state index is -4.80. The summed E-state index contributed by atoms with van der Waals surface area (Å²) in [6, 6.07) is 5.89. The van der Waals surface area contributed by atoms with Crippen LogP contribution in [0.5, 0.6) is 0 Å². The first-order valence-electron chi connectivity index (χ1n) is 5.01. The van der Waals surface area contributed by atoms with Gasteiger partial charge in [0.1, 0.15) is 0 Å². The standard InChI is InChI=1S/C12H13F3O/c1-8(2)7-9-5-3-4-6-10(9)11(16)12(13,14)15/h3-6,8H,7H2,1-2H3. The predicted molar refractivity (Wildman–Crippen MR) is 55.4 cm³/mol. The molecule has 0 aliphatic carbocycles. The lowest BCUT2D eigenvalue weighted by atomic mass is 9.95. The highest BCUT2D eigenvalue weighted by Gasteiger charge is 2.40. The Morgan fingerprint density at radius 2 is 1.81 bits per heavy atom. The van der Waals surface area contributed by atoms with Gasteiger partial charge in [-0.2, -0.15) is 13.2 Å². The van der Waals surface area contributed by atoms with Crippen LogP contribution in [0.25, 0.3) is 0 Å². The Morgan fingerprint density at radius 3 is 2.31 bits per heavy atom. The first-order valence-corrected chi connectivity index (χ1v) is 5.01. The SMILES string of the molecule is CC(C)Cc1ccccc1C(=O)C(F)(F)F. The smallest absolute Gasteiger partial charge is 0.284 e. The van der Waals surface area contributed by atoms with Gasteiger partial charge in [0, 0.05) is 5.56 Å². The number of hydrogen-bond acceptors (Lipinski definition) is 1. The van der Waals surface area contributed by atoms with Gasteiger partial charge in [0.25, 0.3) is 5.78 Å². The van der Waals surface area contributed by atoms with Crippen LogP contribution in [0, 0.1) is 5.92 Å². The van der Waals surface area contributed by atoms with E-state index < -0.39 is 12.0 Å². The normalized spacial score (nSPS) is 11.9. The third-order valence-electron chi connectivity index (χ3n) is 2.15. The van der Waals surface area contributed by atoms with Gasteiger partial charge in [-0.1, -0.05) is 38.1 Å². The third-order valence-corrected chi connectivity index (χ3v) is 2.15. The molecule has 1 nitrogen and oxygen atoms in total. The van der Waals surface area contributed by atoms with Gasteiger partial charge >= 0.3 is 6.18 Å². The Bertz CT molecular complexity index is 380. The predicted octanol–water partition coefficient (Wildman–Crippen LogP) is 3.63. The fourth-order valence-corrected chi connectivity index (χ4v) is 1.51. The van der Waals surface area contributed by atoms with Gasteiger partial charge < -0.3 is 0 Å². The molecule has 0 spiro atoms. The zero-order chi connectivity index (χ0) is 12.3. The highest BCUT2D eigenvalue weighted by atomic mass is 19.4. The van der Waals surface area contributed by atoms with Crippen LogP contribution in [0.1, 0.15) is 29.8 Å². The molecule has 1 rings (SSSR count). The van der Waals surface area contributed by atoms with E-state index >= 15 is 0 Å². The zero-order valence-electron chi connectivity index (χ0n) is 9.14. The van der Waals surface area contributed by atoms with Crippen molar-refractivity contribution in [2.24, 2.45) is 5.92 Å². The summed E-state index contributed by atoms with van der Waals surface area (Å²) in [4.78, 5) is 11.1. The molecule has 16 heavy (non-hydrogen) atoms. The molecule has 0 saturated carbocycles. The van der Waals surface area contributed by atoms with Crippen LogP contribution in [-0.2, 0) is 6.42 Å². The second-order valence-corrected chi connectivity index (χ2v) is 4.08. The van der Waals surface area contributed by atoms with E-state index in [0.29, 0.717) is 12.0 Å². The molecule has 0 aliphatic rings. The van der Waals surface area contributed by atoms with Crippen molar-refractivity contribution < 1.29 is 18.0 Å². The molecule has 0 fully saturated rings. The molecular weight excluding hydrogens is 217 g/mol. The quantitative estimate of drug-likeness (QED) is 0.724. The average molecular weight is 230 g/mol. The Balaban J connectivity index is 3.09. The van der Waals surface area contributed by atoms with E-state index in [1.54, 1.807) is 12.1 Å². The number of halogens is 3. The molecule has 0 saturated heterocycles. The Morgan fingerprint density at radius 1 is 1.25 bits per heavy atom. The van der Waals surface area contributed by atoms with Crippen LogP contribution in [0.2, 0.25) is 0 Å². The minimum Gasteiger partial charge on any atom is -0.284 e. The van der Waals surface area contributed by atoms with Gasteiger partial charge in [-0.25, -0.2) is 0 Å². The molecule has 0 bridgehead atoms. The first-order chi connectivity index (χ1) is 7.32. The maximum absolute atomic E-state index is 12.3. The summed E-state index contributed by atoms with van der Waals surface area (Å²) in [6.07, 6.45) is -4.33. The van der Waals surface area contributed by atoms with Crippen LogP contribution in [0.4, 0.5) is 13.2 Å². The van der Waals surface area contributed by atoms with Crippen LogP contribution >= 0.6 is 0 Å². The van der Waals surface area contributed by atoms with Gasteiger partial charge in [-0.15, -0.1) is 0 Å². The molecule has 0 atom stereocenters. The number of carbonyl (C=O) groups excluding carboxylic acids is 1. The maximum atomic E-state index is 12.3. The topological polar surface area (TPSA) is 17.1 Å². The molecule has 0 aliphatic heterocycles. The van der Waals surface area contributed by atoms with E-state index in [1.165, 1.54) is 12.1 Å². The largest absolute Gasteiger partial charge is 0.454 e. The van der Waals surface area contributed by atoms with Crippen molar-refractivity contribution in [3.8, 4) is 0 Å². The van der Waals surface area contributed by atoms with Gasteiger partial charge in [0.15, 0.2) is 0 Å². The van der Waals surface area contributed by atoms with Crippen LogP contribution in [0.3, 0.4) is 0 Å². The molecule has 4 heteroatoms. The van der Waals surface area contributed by atoms with Crippen molar-refractivity contribution in [3.63, 3.8) is 0 Å². The van der Waals surface area contributed by atoms with E-state index in [0.717, 1.165) is 0 Å². The van der Waals surface area contributed by atoms with E-state index in [9.17, 15) is 18.0 Å². The van der Waals surface area contributed by atoms with E-state index in [-0.39, 0.29) is 11.5 Å². The van der Waals surface area contributed by atoms with Crippen LogP contribution in [-0.4, -0.2) is 12.0 Å². The van der Waals surface area contributed by atoms with Crippen molar-refractivity contribution in [1.29, 1.82) is 0 Å². The fraction of sp³-hybridized carbons (Fsp3) is 0.417. The number of ketones is 1. The fourth-order valence-electron chi connectivity index (χ4n) is 1.51. The number of carbonyl (C=O) groups is 1. The lowest BCUT2D eigenvalue weighted by Crippen LogP contribution is -2.24. The number of alkyl halides is 3. The van der Waals surface area contributed by atoms with Crippen molar-refractivity contribution in [2.75, 3.05) is 0 Å². The molecule has 0 N–H and O–H groups in total. The monoisotopic (exact) mass is 230 g/mol. The summed E-state index contributed by atoms with van der Waals surface area (Å²) in [5.41, 5.74) is 0.225. The Hall–Kier alpha value is -1.32. The number of hydrogen-bond donors (Lipinski definition) is 0. The molecule has 88 valence electrons. The van der Waals surface area contributed by atoms with Crippen LogP contribution < -0.4 is 0 Å². The molecule has 1 aromatic rings. The summed E-state index contributed by atoms with van der Waals surface area (Å²) in [6.45, 7) is 3.80. The van der Waals surface area contributed by atoms with Crippen molar-refractivity contribution in [2.45, 2.75) is 26.4 Å². The average Bonchev–Trinajstić information content (AvgIpc) is 2.15. The lowest BCUT2D eigenvalue weighted by molar-refractivity contribution is -0.0885. The Kier molecular flexibility index (Phi) is 3.73. The zero-order valence-corrected chi connectivity index (χ0v) is 9.14. The van der Waals surface area contributed by atoms with Gasteiger partial charge in [-0.05, 0) is 17.9 Å². The summed E-state index contributed by atoms with van der Waals surface area (Å²) < 4.78 is 36.9. The maximum Gasteiger partial charge on any atom is 0.454 e. The highest BCUT2D eigenvalue weighted by Crippen LogP contribution is 2.24. The number of Topliss-reactive ketones (excluding diaryl/α,β-unsaturated/α-hetero) is 1. The lowest BCUT2D eigenvalue weighted by Gasteiger charge is -2.12. The van der Waals surface area contributed by atoms with Crippen molar-refractivity contribution in [1.82, 2.24) is 0 Å². The number of benzene rings is 1. The molecule has 1 aromatic carbocycles. The Labute approximate surface area is 92.3 Å². The summed E-state index contributed by atoms with van der Waals surface area (Å²) in [5, 5.41) is 0. The summed E-state index contributed by atoms with van der Waals surface area (Å²) in [7, 11) is 0. The van der Waals surface area contributed by atoms with Crippen molar-refractivity contribution >= 4 is 5.78 Å².